The van der Waals surface area contributed by atoms with Crippen molar-refractivity contribution in [2.45, 2.75) is 58.5 Å². The monoisotopic (exact) mass is 397 g/mol. The van der Waals surface area contributed by atoms with Crippen molar-refractivity contribution in [3.8, 4) is 10.6 Å². The molecule has 0 unspecified atom stereocenters. The number of Topliss-reactive ketones (excluding diaryl/α,β-unsaturated/α-hetero) is 1. The normalized spacial score (nSPS) is 24.4. The lowest BCUT2D eigenvalue weighted by molar-refractivity contribution is -0.154. The number of carbonyl (C=O) groups excluding carboxylic acids is 2. The largest absolute Gasteiger partial charge is 0.459 e. The van der Waals surface area contributed by atoms with E-state index in [9.17, 15) is 9.59 Å². The number of aromatic nitrogens is 1. The van der Waals surface area contributed by atoms with E-state index in [0.717, 1.165) is 35.5 Å². The number of nitrogens with zero attached hydrogens (tertiary/aromatic N) is 1. The number of hydrogen-bond acceptors (Lipinski definition) is 5. The van der Waals surface area contributed by atoms with E-state index in [-0.39, 0.29) is 30.3 Å². The maximum atomic E-state index is 12.5. The number of carbonyl (C=O) groups is 2. The summed E-state index contributed by atoms with van der Waals surface area (Å²) in [5.41, 5.74) is 3.18. The molecule has 5 heteroatoms. The van der Waals surface area contributed by atoms with E-state index in [1.807, 2.05) is 5.38 Å². The third-order valence-electron chi connectivity index (χ3n) is 6.12. The van der Waals surface area contributed by atoms with E-state index in [4.69, 9.17) is 4.74 Å². The van der Waals surface area contributed by atoms with Gasteiger partial charge in [-0.3, -0.25) is 9.59 Å². The first kappa shape index (κ1) is 19.3. The number of esters is 1. The van der Waals surface area contributed by atoms with Gasteiger partial charge in [-0.15, -0.1) is 11.3 Å². The number of rotatable bonds is 5. The standard InChI is InChI=1S/C23H27NO3S/c1-14(2)15-6-8-16(9-7-15)22-24-20(13-28-22)12-27-23(26)19-10-17-4-3-5-18(11-19)21(17)25/h6-9,13-14,17-19H,3-5,10-12H2,1-2H3/t17-,18-/m0/s1. The minimum Gasteiger partial charge on any atom is -0.459 e. The first-order valence-corrected chi connectivity index (χ1v) is 11.1. The molecule has 0 aliphatic heterocycles. The van der Waals surface area contributed by atoms with Crippen LogP contribution in [0.5, 0.6) is 0 Å². The lowest BCUT2D eigenvalue weighted by Gasteiger charge is -2.36. The molecule has 0 saturated heterocycles. The van der Waals surface area contributed by atoms with Crippen LogP contribution in [-0.2, 0) is 20.9 Å². The Morgan fingerprint density at radius 1 is 1.18 bits per heavy atom. The molecule has 2 aliphatic carbocycles. The molecule has 148 valence electrons. The molecule has 4 nitrogen and oxygen atoms in total. The van der Waals surface area contributed by atoms with E-state index in [1.165, 1.54) is 5.56 Å². The molecule has 0 radical (unpaired) electrons. The van der Waals surface area contributed by atoms with Gasteiger partial charge in [0.1, 0.15) is 17.4 Å². The zero-order valence-electron chi connectivity index (χ0n) is 16.5. The lowest BCUT2D eigenvalue weighted by Crippen LogP contribution is -2.39. The summed E-state index contributed by atoms with van der Waals surface area (Å²) < 4.78 is 5.56. The molecule has 1 aromatic carbocycles. The van der Waals surface area contributed by atoms with E-state index in [0.29, 0.717) is 24.5 Å². The second-order valence-corrected chi connectivity index (χ2v) is 9.28. The second-order valence-electron chi connectivity index (χ2n) is 8.42. The Morgan fingerprint density at radius 3 is 2.50 bits per heavy atom. The molecule has 2 bridgehead atoms. The highest BCUT2D eigenvalue weighted by atomic mass is 32.1. The molecule has 0 spiro atoms. The van der Waals surface area contributed by atoms with Crippen LogP contribution in [0.3, 0.4) is 0 Å². The fraction of sp³-hybridized carbons (Fsp3) is 0.522. The summed E-state index contributed by atoms with van der Waals surface area (Å²) in [7, 11) is 0. The number of thiazole rings is 1. The highest BCUT2D eigenvalue weighted by Crippen LogP contribution is 2.40. The molecule has 1 aromatic heterocycles. The minimum atomic E-state index is -0.166. The average Bonchev–Trinajstić information content (AvgIpc) is 3.15. The maximum absolute atomic E-state index is 12.5. The van der Waals surface area contributed by atoms with Crippen molar-refractivity contribution in [3.05, 3.63) is 40.9 Å². The average molecular weight is 398 g/mol. The highest BCUT2D eigenvalue weighted by molar-refractivity contribution is 7.13. The topological polar surface area (TPSA) is 56.3 Å². The Labute approximate surface area is 170 Å². The highest BCUT2D eigenvalue weighted by Gasteiger charge is 2.41. The van der Waals surface area contributed by atoms with Crippen molar-refractivity contribution in [3.63, 3.8) is 0 Å². The van der Waals surface area contributed by atoms with Crippen LogP contribution in [-0.4, -0.2) is 16.7 Å². The van der Waals surface area contributed by atoms with Crippen molar-refractivity contribution < 1.29 is 14.3 Å². The maximum Gasteiger partial charge on any atom is 0.309 e. The van der Waals surface area contributed by atoms with Crippen LogP contribution in [0.25, 0.3) is 10.6 Å². The van der Waals surface area contributed by atoms with Gasteiger partial charge < -0.3 is 4.74 Å². The van der Waals surface area contributed by atoms with Gasteiger partial charge in [0.25, 0.3) is 0 Å². The molecule has 28 heavy (non-hydrogen) atoms. The van der Waals surface area contributed by atoms with Crippen molar-refractivity contribution in [1.29, 1.82) is 0 Å². The third kappa shape index (κ3) is 4.04. The van der Waals surface area contributed by atoms with Crippen molar-refractivity contribution in [1.82, 2.24) is 4.98 Å². The zero-order chi connectivity index (χ0) is 19.7. The Balaban J connectivity index is 1.34. The Kier molecular flexibility index (Phi) is 5.63. The molecule has 4 rings (SSSR count). The van der Waals surface area contributed by atoms with Crippen LogP contribution >= 0.6 is 11.3 Å². The molecular weight excluding hydrogens is 370 g/mol. The van der Waals surface area contributed by atoms with E-state index < -0.39 is 0 Å². The number of ketones is 1. The van der Waals surface area contributed by atoms with E-state index in [2.05, 4.69) is 43.1 Å². The van der Waals surface area contributed by atoms with Gasteiger partial charge in [0.2, 0.25) is 0 Å². The van der Waals surface area contributed by atoms with E-state index in [1.54, 1.807) is 11.3 Å². The number of hydrogen-bond donors (Lipinski definition) is 0. The lowest BCUT2D eigenvalue weighted by atomic mass is 9.67. The van der Waals surface area contributed by atoms with E-state index >= 15 is 0 Å². The first-order chi connectivity index (χ1) is 13.5. The predicted molar refractivity (Wildman–Crippen MR) is 110 cm³/mol. The van der Waals surface area contributed by atoms with Gasteiger partial charge >= 0.3 is 5.97 Å². The number of benzene rings is 1. The molecule has 2 saturated carbocycles. The number of ether oxygens (including phenoxy) is 1. The van der Waals surface area contributed by atoms with Crippen LogP contribution in [0.15, 0.2) is 29.6 Å². The van der Waals surface area contributed by atoms with Crippen LogP contribution in [0.1, 0.15) is 63.1 Å². The van der Waals surface area contributed by atoms with Crippen LogP contribution in [0.4, 0.5) is 0 Å². The summed E-state index contributed by atoms with van der Waals surface area (Å²) in [6.45, 7) is 4.57. The Hall–Kier alpha value is -2.01. The molecule has 0 N–H and O–H groups in total. The summed E-state index contributed by atoms with van der Waals surface area (Å²) >= 11 is 1.57. The van der Waals surface area contributed by atoms with Gasteiger partial charge in [0.05, 0.1) is 11.6 Å². The Morgan fingerprint density at radius 2 is 1.86 bits per heavy atom. The van der Waals surface area contributed by atoms with Crippen LogP contribution in [0.2, 0.25) is 0 Å². The molecule has 2 atom stereocenters. The van der Waals surface area contributed by atoms with Gasteiger partial charge in [0, 0.05) is 22.8 Å². The second kappa shape index (κ2) is 8.16. The van der Waals surface area contributed by atoms with Gasteiger partial charge in [-0.1, -0.05) is 44.5 Å². The van der Waals surface area contributed by atoms with Gasteiger partial charge in [-0.05, 0) is 37.2 Å². The van der Waals surface area contributed by atoms with Crippen LogP contribution in [0, 0.1) is 17.8 Å². The summed E-state index contributed by atoms with van der Waals surface area (Å²) in [5, 5.41) is 2.90. The molecule has 2 fully saturated rings. The fourth-order valence-electron chi connectivity index (χ4n) is 4.45. The molecule has 2 aromatic rings. The fourth-order valence-corrected chi connectivity index (χ4v) is 5.26. The molecule has 0 amide bonds. The molecule has 2 aliphatic rings. The number of fused-ring (bicyclic) bond motifs is 2. The zero-order valence-corrected chi connectivity index (χ0v) is 17.3. The smallest absolute Gasteiger partial charge is 0.309 e. The molecule has 1 heterocycles. The van der Waals surface area contributed by atoms with Crippen molar-refractivity contribution in [2.24, 2.45) is 17.8 Å². The minimum absolute atomic E-state index is 0.0738. The van der Waals surface area contributed by atoms with Gasteiger partial charge in [0.15, 0.2) is 0 Å². The summed E-state index contributed by atoms with van der Waals surface area (Å²) in [4.78, 5) is 29.3. The SMILES string of the molecule is CC(C)c1ccc(-c2nc(COC(=O)C3C[C@@H]4CCC[C@@H](C3)C4=O)cs2)cc1. The first-order valence-electron chi connectivity index (χ1n) is 10.3. The summed E-state index contributed by atoms with van der Waals surface area (Å²) in [6, 6.07) is 8.48. The van der Waals surface area contributed by atoms with Gasteiger partial charge in [-0.25, -0.2) is 4.98 Å². The summed E-state index contributed by atoms with van der Waals surface area (Å²) in [5.74, 6) is 0.738. The quantitative estimate of drug-likeness (QED) is 0.636. The Bertz CT molecular complexity index is 839. The third-order valence-corrected chi connectivity index (χ3v) is 7.06. The molecular formula is C23H27NO3S. The summed E-state index contributed by atoms with van der Waals surface area (Å²) in [6.07, 6.45) is 4.31. The van der Waals surface area contributed by atoms with Crippen molar-refractivity contribution in [2.75, 3.05) is 0 Å². The predicted octanol–water partition coefficient (Wildman–Crippen LogP) is 5.37. The van der Waals surface area contributed by atoms with Crippen LogP contribution < -0.4 is 0 Å². The van der Waals surface area contributed by atoms with Gasteiger partial charge in [-0.2, -0.15) is 0 Å². The van der Waals surface area contributed by atoms with Crippen molar-refractivity contribution >= 4 is 23.1 Å².